The topological polar surface area (TPSA) is 19.4 Å². The van der Waals surface area contributed by atoms with Gasteiger partial charge in [-0.3, -0.25) is 9.88 Å². The fourth-order valence-corrected chi connectivity index (χ4v) is 4.11. The van der Waals surface area contributed by atoms with Crippen LogP contribution in [0.3, 0.4) is 0 Å². The maximum atomic E-state index is 4.21. The van der Waals surface area contributed by atoms with Crippen molar-refractivity contribution in [1.82, 2.24) is 14.8 Å². The molecule has 0 N–H and O–H groups in total. The minimum atomic E-state index is 0.423. The molecule has 22 heavy (non-hydrogen) atoms. The lowest BCUT2D eigenvalue weighted by Gasteiger charge is -2.40. The van der Waals surface area contributed by atoms with Gasteiger partial charge in [-0.15, -0.1) is 0 Å². The fraction of sp³-hybridized carbons (Fsp3) is 0.353. The molecule has 0 radical (unpaired) electrons. The van der Waals surface area contributed by atoms with E-state index in [9.17, 15) is 0 Å². The summed E-state index contributed by atoms with van der Waals surface area (Å²) >= 11 is 7.26. The zero-order chi connectivity index (χ0) is 15.5. The number of likely N-dealkylation sites (N-methyl/N-ethyl adjacent to an activating group) is 1. The minimum Gasteiger partial charge on any atom is -0.303 e. The summed E-state index contributed by atoms with van der Waals surface area (Å²) in [7, 11) is 2.20. The van der Waals surface area contributed by atoms with E-state index in [-0.39, 0.29) is 0 Å². The van der Waals surface area contributed by atoms with Crippen molar-refractivity contribution in [2.24, 2.45) is 0 Å². The smallest absolute Gasteiger partial charge is 0.0479 e. The maximum absolute atomic E-state index is 4.21. The summed E-state index contributed by atoms with van der Waals surface area (Å²) < 4.78 is 2.13. The molecule has 0 unspecified atom stereocenters. The van der Waals surface area contributed by atoms with Gasteiger partial charge < -0.3 is 4.90 Å². The van der Waals surface area contributed by atoms with Crippen LogP contribution in [0, 0.1) is 0 Å². The van der Waals surface area contributed by atoms with Crippen LogP contribution in [0.15, 0.2) is 51.7 Å². The number of hydrogen-bond acceptors (Lipinski definition) is 3. The average Bonchev–Trinajstić information content (AvgIpc) is 2.53. The fourth-order valence-electron chi connectivity index (χ4n) is 2.93. The minimum absolute atomic E-state index is 0.423. The average molecular weight is 425 g/mol. The molecule has 3 nitrogen and oxygen atoms in total. The summed E-state index contributed by atoms with van der Waals surface area (Å²) in [6.45, 7) is 4.14. The number of nitrogens with zero attached hydrogens (tertiary/aromatic N) is 3. The molecule has 0 bridgehead atoms. The van der Waals surface area contributed by atoms with Crippen LogP contribution in [0.1, 0.15) is 17.2 Å². The van der Waals surface area contributed by atoms with Crippen molar-refractivity contribution in [2.75, 3.05) is 26.7 Å². The van der Waals surface area contributed by atoms with Crippen LogP contribution < -0.4 is 0 Å². The molecule has 1 atom stereocenters. The Morgan fingerprint density at radius 3 is 2.45 bits per heavy atom. The molecule has 1 aliphatic heterocycles. The first-order valence-electron chi connectivity index (χ1n) is 7.40. The Bertz CT molecular complexity index is 613. The van der Waals surface area contributed by atoms with Crippen molar-refractivity contribution in [3.8, 4) is 0 Å². The predicted molar refractivity (Wildman–Crippen MR) is 96.7 cm³/mol. The first kappa shape index (κ1) is 16.1. The third kappa shape index (κ3) is 3.59. The van der Waals surface area contributed by atoms with Gasteiger partial charge in [0, 0.05) is 53.6 Å². The van der Waals surface area contributed by atoms with Crippen LogP contribution in [-0.2, 0) is 6.54 Å². The molecule has 116 valence electrons. The monoisotopic (exact) mass is 423 g/mol. The number of halogens is 2. The molecule has 2 aromatic rings. The van der Waals surface area contributed by atoms with E-state index in [2.05, 4.69) is 84.0 Å². The van der Waals surface area contributed by atoms with Gasteiger partial charge in [0.1, 0.15) is 0 Å². The molecule has 0 amide bonds. The van der Waals surface area contributed by atoms with Gasteiger partial charge in [0.15, 0.2) is 0 Å². The summed E-state index contributed by atoms with van der Waals surface area (Å²) in [4.78, 5) is 9.17. The molecule has 3 rings (SSSR count). The van der Waals surface area contributed by atoms with Crippen molar-refractivity contribution < 1.29 is 0 Å². The summed E-state index contributed by atoms with van der Waals surface area (Å²) in [5, 5.41) is 0. The number of piperazine rings is 1. The molecule has 1 fully saturated rings. The second kappa shape index (κ2) is 7.21. The first-order valence-corrected chi connectivity index (χ1v) is 8.99. The summed E-state index contributed by atoms with van der Waals surface area (Å²) in [6.07, 6.45) is 3.74. The van der Waals surface area contributed by atoms with E-state index in [1.54, 1.807) is 0 Å². The van der Waals surface area contributed by atoms with Crippen molar-refractivity contribution in [2.45, 2.75) is 12.6 Å². The molecule has 0 saturated carbocycles. The van der Waals surface area contributed by atoms with Crippen molar-refractivity contribution in [1.29, 1.82) is 0 Å². The van der Waals surface area contributed by atoms with Crippen molar-refractivity contribution >= 4 is 31.9 Å². The standard InChI is InChI=1S/C17H19Br2N3/c1-21-7-8-22(11-14-15(18)9-20-10-16(14)19)17(12-21)13-5-3-2-4-6-13/h2-6,9-10,17H,7-8,11-12H2,1H3/t17-/m0/s1. The number of rotatable bonds is 3. The van der Waals surface area contributed by atoms with Gasteiger partial charge >= 0.3 is 0 Å². The predicted octanol–water partition coefficient (Wildman–Crippen LogP) is 4.10. The van der Waals surface area contributed by atoms with Crippen LogP contribution in [-0.4, -0.2) is 41.5 Å². The second-order valence-electron chi connectivity index (χ2n) is 5.74. The highest BCUT2D eigenvalue weighted by atomic mass is 79.9. The van der Waals surface area contributed by atoms with Crippen molar-refractivity contribution in [3.63, 3.8) is 0 Å². The third-order valence-electron chi connectivity index (χ3n) is 4.19. The van der Waals surface area contributed by atoms with Gasteiger partial charge in [-0.05, 0) is 50.0 Å². The SMILES string of the molecule is CN1CCN(Cc2c(Br)cncc2Br)[C@H](c2ccccc2)C1. The van der Waals surface area contributed by atoms with Crippen LogP contribution in [0.4, 0.5) is 0 Å². The highest BCUT2D eigenvalue weighted by Gasteiger charge is 2.27. The molecule has 5 heteroatoms. The summed E-state index contributed by atoms with van der Waals surface area (Å²) in [5.74, 6) is 0. The molecule has 0 aliphatic carbocycles. The zero-order valence-corrected chi connectivity index (χ0v) is 15.7. The molecular weight excluding hydrogens is 406 g/mol. The Balaban J connectivity index is 1.87. The van der Waals surface area contributed by atoms with E-state index in [1.807, 2.05) is 12.4 Å². The van der Waals surface area contributed by atoms with Crippen LogP contribution >= 0.6 is 31.9 Å². The van der Waals surface area contributed by atoms with E-state index < -0.39 is 0 Å². The van der Waals surface area contributed by atoms with Gasteiger partial charge in [-0.25, -0.2) is 0 Å². The van der Waals surface area contributed by atoms with E-state index in [4.69, 9.17) is 0 Å². The van der Waals surface area contributed by atoms with E-state index in [0.717, 1.165) is 35.1 Å². The van der Waals surface area contributed by atoms with E-state index >= 15 is 0 Å². The lowest BCUT2D eigenvalue weighted by atomic mass is 10.0. The van der Waals surface area contributed by atoms with Crippen LogP contribution in [0.25, 0.3) is 0 Å². The van der Waals surface area contributed by atoms with E-state index in [0.29, 0.717) is 6.04 Å². The molecular formula is C17H19Br2N3. The van der Waals surface area contributed by atoms with Gasteiger partial charge in [-0.1, -0.05) is 30.3 Å². The normalized spacial score (nSPS) is 20.2. The maximum Gasteiger partial charge on any atom is 0.0479 e. The molecule has 1 aromatic carbocycles. The summed E-state index contributed by atoms with van der Waals surface area (Å²) in [5.41, 5.74) is 2.65. The Kier molecular flexibility index (Phi) is 5.29. The first-order chi connectivity index (χ1) is 10.6. The Hall–Kier alpha value is -0.750. The molecule has 0 spiro atoms. The number of pyridine rings is 1. The third-order valence-corrected chi connectivity index (χ3v) is 5.56. The molecule has 1 saturated heterocycles. The van der Waals surface area contributed by atoms with Gasteiger partial charge in [-0.2, -0.15) is 0 Å². The molecule has 1 aromatic heterocycles. The number of hydrogen-bond donors (Lipinski definition) is 0. The van der Waals surface area contributed by atoms with Gasteiger partial charge in [0.2, 0.25) is 0 Å². The van der Waals surface area contributed by atoms with Crippen LogP contribution in [0.2, 0.25) is 0 Å². The highest BCUT2D eigenvalue weighted by Crippen LogP contribution is 2.31. The molecule has 2 heterocycles. The number of aromatic nitrogens is 1. The zero-order valence-electron chi connectivity index (χ0n) is 12.5. The Labute approximate surface area is 148 Å². The largest absolute Gasteiger partial charge is 0.303 e. The van der Waals surface area contributed by atoms with Gasteiger partial charge in [0.25, 0.3) is 0 Å². The Morgan fingerprint density at radius 2 is 1.77 bits per heavy atom. The van der Waals surface area contributed by atoms with Crippen molar-refractivity contribution in [3.05, 3.63) is 62.8 Å². The van der Waals surface area contributed by atoms with Crippen LogP contribution in [0.5, 0.6) is 0 Å². The van der Waals surface area contributed by atoms with Gasteiger partial charge in [0.05, 0.1) is 0 Å². The quantitative estimate of drug-likeness (QED) is 0.739. The second-order valence-corrected chi connectivity index (χ2v) is 7.45. The lowest BCUT2D eigenvalue weighted by Crippen LogP contribution is -2.46. The molecule has 1 aliphatic rings. The highest BCUT2D eigenvalue weighted by molar-refractivity contribution is 9.11. The van der Waals surface area contributed by atoms with E-state index in [1.165, 1.54) is 11.1 Å². The number of benzene rings is 1. The lowest BCUT2D eigenvalue weighted by molar-refractivity contribution is 0.0830. The Morgan fingerprint density at radius 1 is 1.09 bits per heavy atom. The summed E-state index contributed by atoms with van der Waals surface area (Å²) in [6, 6.07) is 11.2.